The molecule has 0 aromatic heterocycles. The second-order valence-electron chi connectivity index (χ2n) is 3.04. The molecule has 0 bridgehead atoms. The molecule has 94 valence electrons. The molecular formula is C8H8Br2N2O4S. The predicted octanol–water partition coefficient (Wildman–Crippen LogP) is 2.02. The molecule has 9 heteroatoms. The van der Waals surface area contributed by atoms with Crippen molar-refractivity contribution in [3.05, 3.63) is 23.8 Å². The van der Waals surface area contributed by atoms with E-state index in [0.29, 0.717) is 0 Å². The van der Waals surface area contributed by atoms with E-state index in [9.17, 15) is 18.3 Å². The monoisotopic (exact) mass is 386 g/mol. The van der Waals surface area contributed by atoms with Gasteiger partial charge in [-0.2, -0.15) is 2.95 Å². The van der Waals surface area contributed by atoms with E-state index in [0.717, 1.165) is 2.95 Å². The van der Waals surface area contributed by atoms with Crippen LogP contribution in [-0.2, 0) is 10.0 Å². The summed E-state index contributed by atoms with van der Waals surface area (Å²) in [5.74, 6) is -0.158. The fraction of sp³-hybridized carbons (Fsp3) is 0.125. The number of amides is 2. The Morgan fingerprint density at radius 1 is 1.41 bits per heavy atom. The maximum atomic E-state index is 11.8. The lowest BCUT2D eigenvalue weighted by Crippen LogP contribution is -2.34. The summed E-state index contributed by atoms with van der Waals surface area (Å²) in [6.07, 6.45) is 0. The molecule has 6 nitrogen and oxygen atoms in total. The second kappa shape index (κ2) is 5.23. The van der Waals surface area contributed by atoms with Crippen LogP contribution < -0.4 is 4.72 Å². The lowest BCUT2D eigenvalue weighted by Gasteiger charge is -2.11. The molecule has 0 heterocycles. The topological polar surface area (TPSA) is 86.7 Å². The number of phenolic OH excluding ortho intramolecular Hbond substituents is 1. The number of phenols is 1. The fourth-order valence-corrected chi connectivity index (χ4v) is 2.71. The van der Waals surface area contributed by atoms with E-state index in [-0.39, 0.29) is 16.2 Å². The standard InChI is InChI=1S/C8H8Br2N2O4S/c1-5-6(13)3-2-4-7(5)17(15,16)11-8(14)12(9)10/h2-4,13H,1H3,(H,11,14). The zero-order chi connectivity index (χ0) is 13.2. The van der Waals surface area contributed by atoms with Crippen molar-refractivity contribution < 1.29 is 18.3 Å². The third-order valence-electron chi connectivity index (χ3n) is 1.92. The van der Waals surface area contributed by atoms with E-state index >= 15 is 0 Å². The first-order valence-electron chi connectivity index (χ1n) is 4.22. The minimum atomic E-state index is -4.02. The van der Waals surface area contributed by atoms with Gasteiger partial charge in [0.25, 0.3) is 10.0 Å². The Kier molecular flexibility index (Phi) is 4.39. The summed E-state index contributed by atoms with van der Waals surface area (Å²) >= 11 is 5.44. The van der Waals surface area contributed by atoms with Gasteiger partial charge in [0.2, 0.25) is 0 Å². The highest BCUT2D eigenvalue weighted by Crippen LogP contribution is 2.23. The Hall–Kier alpha value is -0.800. The number of benzene rings is 1. The Balaban J connectivity index is 3.15. The SMILES string of the molecule is Cc1c(O)cccc1S(=O)(=O)NC(=O)N(Br)Br. The molecule has 1 rings (SSSR count). The molecular weight excluding hydrogens is 380 g/mol. The first kappa shape index (κ1) is 14.3. The Morgan fingerprint density at radius 2 is 2.00 bits per heavy atom. The highest BCUT2D eigenvalue weighted by molar-refractivity contribution is 9.21. The number of rotatable bonds is 2. The average molecular weight is 388 g/mol. The van der Waals surface area contributed by atoms with Gasteiger partial charge in [-0.15, -0.1) is 0 Å². The highest BCUT2D eigenvalue weighted by atomic mass is 79.9. The Morgan fingerprint density at radius 3 is 2.53 bits per heavy atom. The number of halogens is 2. The lowest BCUT2D eigenvalue weighted by atomic mass is 10.2. The van der Waals surface area contributed by atoms with Crippen LogP contribution in [0.15, 0.2) is 23.1 Å². The van der Waals surface area contributed by atoms with Crippen LogP contribution in [0.5, 0.6) is 5.75 Å². The van der Waals surface area contributed by atoms with Crippen LogP contribution in [0.4, 0.5) is 4.79 Å². The molecule has 17 heavy (non-hydrogen) atoms. The first-order chi connectivity index (χ1) is 7.75. The summed E-state index contributed by atoms with van der Waals surface area (Å²) in [7, 11) is -4.02. The Labute approximate surface area is 115 Å². The smallest absolute Gasteiger partial charge is 0.351 e. The van der Waals surface area contributed by atoms with Gasteiger partial charge in [0.05, 0.1) is 37.2 Å². The Bertz CT molecular complexity index is 544. The van der Waals surface area contributed by atoms with Gasteiger partial charge in [0, 0.05) is 5.56 Å². The van der Waals surface area contributed by atoms with E-state index in [4.69, 9.17) is 0 Å². The summed E-state index contributed by atoms with van der Waals surface area (Å²) in [5.41, 5.74) is 0.170. The molecule has 0 saturated carbocycles. The van der Waals surface area contributed by atoms with Gasteiger partial charge in [0.1, 0.15) is 5.75 Å². The van der Waals surface area contributed by atoms with E-state index in [1.54, 1.807) is 4.72 Å². The van der Waals surface area contributed by atoms with Gasteiger partial charge < -0.3 is 5.11 Å². The van der Waals surface area contributed by atoms with Gasteiger partial charge in [-0.25, -0.2) is 17.9 Å². The fourth-order valence-electron chi connectivity index (χ4n) is 1.10. The number of carbonyl (C=O) groups is 1. The highest BCUT2D eigenvalue weighted by Gasteiger charge is 2.22. The molecule has 0 aliphatic heterocycles. The van der Waals surface area contributed by atoms with Gasteiger partial charge in [-0.1, -0.05) is 6.07 Å². The molecule has 2 N–H and O–H groups in total. The van der Waals surface area contributed by atoms with E-state index < -0.39 is 16.1 Å². The van der Waals surface area contributed by atoms with Crippen LogP contribution in [0.1, 0.15) is 5.56 Å². The maximum absolute atomic E-state index is 11.8. The van der Waals surface area contributed by atoms with E-state index in [2.05, 4.69) is 32.3 Å². The van der Waals surface area contributed by atoms with Crippen LogP contribution in [0.2, 0.25) is 0 Å². The average Bonchev–Trinajstić information content (AvgIpc) is 2.21. The summed E-state index contributed by atoms with van der Waals surface area (Å²) < 4.78 is 26.1. The number of aromatic hydroxyl groups is 1. The van der Waals surface area contributed by atoms with Crippen molar-refractivity contribution in [3.8, 4) is 5.75 Å². The predicted molar refractivity (Wildman–Crippen MR) is 68.3 cm³/mol. The number of sulfonamides is 1. The van der Waals surface area contributed by atoms with Crippen LogP contribution >= 0.6 is 32.3 Å². The van der Waals surface area contributed by atoms with Crippen LogP contribution in [0, 0.1) is 6.92 Å². The molecule has 0 unspecified atom stereocenters. The maximum Gasteiger partial charge on any atom is 0.351 e. The molecule has 1 aromatic carbocycles. The molecule has 0 radical (unpaired) electrons. The van der Waals surface area contributed by atoms with Crippen LogP contribution in [0.25, 0.3) is 0 Å². The third-order valence-corrected chi connectivity index (χ3v) is 4.03. The first-order valence-corrected chi connectivity index (χ1v) is 7.13. The minimum Gasteiger partial charge on any atom is -0.508 e. The molecule has 0 saturated heterocycles. The van der Waals surface area contributed by atoms with Crippen LogP contribution in [-0.4, -0.2) is 22.5 Å². The molecule has 2 amide bonds. The molecule has 1 aromatic rings. The molecule has 0 aliphatic rings. The van der Waals surface area contributed by atoms with Crippen molar-refractivity contribution in [1.29, 1.82) is 0 Å². The number of nitrogens with zero attached hydrogens (tertiary/aromatic N) is 1. The van der Waals surface area contributed by atoms with E-state index in [1.807, 2.05) is 0 Å². The number of nitrogens with one attached hydrogen (secondary N) is 1. The quantitative estimate of drug-likeness (QED) is 0.760. The van der Waals surface area contributed by atoms with Crippen molar-refractivity contribution in [2.75, 3.05) is 0 Å². The second-order valence-corrected chi connectivity index (χ2v) is 7.07. The van der Waals surface area contributed by atoms with Crippen molar-refractivity contribution in [2.45, 2.75) is 11.8 Å². The van der Waals surface area contributed by atoms with Crippen molar-refractivity contribution in [3.63, 3.8) is 0 Å². The number of hydrogen-bond donors (Lipinski definition) is 2. The van der Waals surface area contributed by atoms with Crippen molar-refractivity contribution in [2.24, 2.45) is 0 Å². The molecule has 0 aliphatic carbocycles. The largest absolute Gasteiger partial charge is 0.508 e. The number of hydrogen-bond acceptors (Lipinski definition) is 4. The van der Waals surface area contributed by atoms with Gasteiger partial charge in [-0.05, 0) is 19.1 Å². The minimum absolute atomic E-state index is 0.158. The third kappa shape index (κ3) is 3.33. The summed E-state index contributed by atoms with van der Waals surface area (Å²) in [6.45, 7) is 1.44. The van der Waals surface area contributed by atoms with Gasteiger partial charge >= 0.3 is 6.03 Å². The molecule has 0 fully saturated rings. The van der Waals surface area contributed by atoms with Crippen molar-refractivity contribution in [1.82, 2.24) is 7.67 Å². The summed E-state index contributed by atoms with van der Waals surface area (Å²) in [6, 6.07) is 3.11. The zero-order valence-electron chi connectivity index (χ0n) is 8.52. The van der Waals surface area contributed by atoms with Crippen LogP contribution in [0.3, 0.4) is 0 Å². The summed E-state index contributed by atoms with van der Waals surface area (Å²) in [5, 5.41) is 9.40. The summed E-state index contributed by atoms with van der Waals surface area (Å²) in [4.78, 5) is 11.0. The molecule has 0 spiro atoms. The van der Waals surface area contributed by atoms with Gasteiger partial charge in [-0.3, -0.25) is 0 Å². The molecule has 0 atom stereocenters. The normalized spacial score (nSPS) is 11.0. The van der Waals surface area contributed by atoms with Crippen molar-refractivity contribution >= 4 is 48.3 Å². The lowest BCUT2D eigenvalue weighted by molar-refractivity contribution is 0.245. The van der Waals surface area contributed by atoms with Gasteiger partial charge in [0.15, 0.2) is 0 Å². The van der Waals surface area contributed by atoms with E-state index in [1.165, 1.54) is 25.1 Å². The zero-order valence-corrected chi connectivity index (χ0v) is 12.5. The number of carbonyl (C=O) groups excluding carboxylic acids is 1. The number of urea groups is 1.